The molecule has 1 aromatic rings. The highest BCUT2D eigenvalue weighted by atomic mass is 79.9. The zero-order chi connectivity index (χ0) is 12.0. The maximum atomic E-state index is 5.91. The van der Waals surface area contributed by atoms with Crippen molar-refractivity contribution < 1.29 is 4.74 Å². The summed E-state index contributed by atoms with van der Waals surface area (Å²) in [6.45, 7) is 5.13. The van der Waals surface area contributed by atoms with Gasteiger partial charge in [0.05, 0.1) is 6.61 Å². The van der Waals surface area contributed by atoms with Crippen molar-refractivity contribution in [2.24, 2.45) is 11.8 Å². The normalized spacial score (nSPS) is 12.8. The van der Waals surface area contributed by atoms with Gasteiger partial charge in [0.1, 0.15) is 5.75 Å². The van der Waals surface area contributed by atoms with Crippen LogP contribution in [0.1, 0.15) is 20.3 Å². The fourth-order valence-corrected chi connectivity index (χ4v) is 2.36. The van der Waals surface area contributed by atoms with E-state index in [2.05, 4.69) is 29.8 Å². The molecule has 3 heteroatoms. The minimum absolute atomic E-state index is 0.536. The molecule has 0 fully saturated rings. The first kappa shape index (κ1) is 13.9. The van der Waals surface area contributed by atoms with Crippen LogP contribution in [0.15, 0.2) is 28.7 Å². The summed E-state index contributed by atoms with van der Waals surface area (Å²) in [5, 5.41) is 0. The van der Waals surface area contributed by atoms with E-state index in [4.69, 9.17) is 16.3 Å². The van der Waals surface area contributed by atoms with Gasteiger partial charge in [-0.25, -0.2) is 0 Å². The lowest BCUT2D eigenvalue weighted by Gasteiger charge is -2.17. The van der Waals surface area contributed by atoms with Gasteiger partial charge in [0.25, 0.3) is 0 Å². The SMILES string of the molecule is CC(C)C(CCl)CCOc1cccc(Br)c1. The predicted octanol–water partition coefficient (Wildman–Crippen LogP) is 4.73. The molecule has 1 unspecified atom stereocenters. The average Bonchev–Trinajstić information content (AvgIpc) is 2.24. The first-order valence-corrected chi connectivity index (χ1v) is 6.90. The van der Waals surface area contributed by atoms with Crippen molar-refractivity contribution in [2.45, 2.75) is 20.3 Å². The van der Waals surface area contributed by atoms with Crippen LogP contribution < -0.4 is 4.74 Å². The lowest BCUT2D eigenvalue weighted by molar-refractivity contribution is 0.261. The van der Waals surface area contributed by atoms with E-state index in [1.54, 1.807) is 0 Å². The summed E-state index contributed by atoms with van der Waals surface area (Å²) in [6.07, 6.45) is 1.01. The van der Waals surface area contributed by atoms with Crippen LogP contribution in [0.25, 0.3) is 0 Å². The van der Waals surface area contributed by atoms with E-state index in [1.807, 2.05) is 24.3 Å². The molecule has 0 radical (unpaired) electrons. The quantitative estimate of drug-likeness (QED) is 0.690. The van der Waals surface area contributed by atoms with Crippen LogP contribution in [0.2, 0.25) is 0 Å². The van der Waals surface area contributed by atoms with Crippen LogP contribution in [0.4, 0.5) is 0 Å². The Morgan fingerprint density at radius 3 is 2.69 bits per heavy atom. The molecule has 0 amide bonds. The summed E-state index contributed by atoms with van der Waals surface area (Å²) in [4.78, 5) is 0. The smallest absolute Gasteiger partial charge is 0.120 e. The fourth-order valence-electron chi connectivity index (χ4n) is 1.47. The molecule has 1 rings (SSSR count). The summed E-state index contributed by atoms with van der Waals surface area (Å²) in [6, 6.07) is 7.91. The summed E-state index contributed by atoms with van der Waals surface area (Å²) in [5.74, 6) is 2.77. The molecule has 16 heavy (non-hydrogen) atoms. The van der Waals surface area contributed by atoms with Gasteiger partial charge >= 0.3 is 0 Å². The van der Waals surface area contributed by atoms with Gasteiger partial charge in [0, 0.05) is 10.4 Å². The number of hydrogen-bond donors (Lipinski definition) is 0. The van der Waals surface area contributed by atoms with E-state index < -0.39 is 0 Å². The molecule has 0 N–H and O–H groups in total. The minimum atomic E-state index is 0.536. The standard InChI is InChI=1S/C13H18BrClO/c1-10(2)11(9-15)6-7-16-13-5-3-4-12(14)8-13/h3-5,8,10-11H,6-7,9H2,1-2H3. The van der Waals surface area contributed by atoms with Gasteiger partial charge in [-0.05, 0) is 36.5 Å². The molecule has 1 nitrogen and oxygen atoms in total. The molecule has 1 atom stereocenters. The van der Waals surface area contributed by atoms with Crippen LogP contribution in [0.5, 0.6) is 5.75 Å². The zero-order valence-electron chi connectivity index (χ0n) is 9.75. The van der Waals surface area contributed by atoms with E-state index in [0.29, 0.717) is 17.7 Å². The molecular weight excluding hydrogens is 287 g/mol. The first-order valence-electron chi connectivity index (χ1n) is 5.57. The number of hydrogen-bond acceptors (Lipinski definition) is 1. The van der Waals surface area contributed by atoms with Crippen LogP contribution in [0, 0.1) is 11.8 Å². The highest BCUT2D eigenvalue weighted by molar-refractivity contribution is 9.10. The Kier molecular flexibility index (Phi) is 6.22. The van der Waals surface area contributed by atoms with Crippen molar-refractivity contribution in [3.63, 3.8) is 0 Å². The van der Waals surface area contributed by atoms with Gasteiger partial charge in [0.2, 0.25) is 0 Å². The Morgan fingerprint density at radius 2 is 2.12 bits per heavy atom. The summed E-state index contributed by atoms with van der Waals surface area (Å²) < 4.78 is 6.72. The van der Waals surface area contributed by atoms with Crippen molar-refractivity contribution >= 4 is 27.5 Å². The van der Waals surface area contributed by atoms with Crippen molar-refractivity contribution in [1.82, 2.24) is 0 Å². The van der Waals surface area contributed by atoms with Gasteiger partial charge < -0.3 is 4.74 Å². The maximum absolute atomic E-state index is 5.91. The second-order valence-electron chi connectivity index (χ2n) is 4.25. The third-order valence-corrected chi connectivity index (χ3v) is 3.58. The summed E-state index contributed by atoms with van der Waals surface area (Å²) in [5.41, 5.74) is 0. The predicted molar refractivity (Wildman–Crippen MR) is 73.3 cm³/mol. The number of halogens is 2. The van der Waals surface area contributed by atoms with Gasteiger partial charge in [-0.1, -0.05) is 35.8 Å². The van der Waals surface area contributed by atoms with Gasteiger partial charge in [-0.15, -0.1) is 11.6 Å². The topological polar surface area (TPSA) is 9.23 Å². The molecule has 0 heterocycles. The second-order valence-corrected chi connectivity index (χ2v) is 5.48. The molecule has 0 aliphatic heterocycles. The Morgan fingerprint density at radius 1 is 1.38 bits per heavy atom. The van der Waals surface area contributed by atoms with E-state index >= 15 is 0 Å². The number of ether oxygens (including phenoxy) is 1. The average molecular weight is 306 g/mol. The van der Waals surface area contributed by atoms with Crippen molar-refractivity contribution in [3.05, 3.63) is 28.7 Å². The largest absolute Gasteiger partial charge is 0.494 e. The monoisotopic (exact) mass is 304 g/mol. The Balaban J connectivity index is 2.35. The van der Waals surface area contributed by atoms with E-state index in [-0.39, 0.29) is 0 Å². The molecule has 0 aromatic heterocycles. The second kappa shape index (κ2) is 7.18. The number of benzene rings is 1. The molecule has 0 spiro atoms. The lowest BCUT2D eigenvalue weighted by atomic mass is 9.95. The Labute approximate surface area is 111 Å². The lowest BCUT2D eigenvalue weighted by Crippen LogP contribution is -2.14. The van der Waals surface area contributed by atoms with Crippen molar-refractivity contribution in [2.75, 3.05) is 12.5 Å². The fraction of sp³-hybridized carbons (Fsp3) is 0.538. The third kappa shape index (κ3) is 4.75. The van der Waals surface area contributed by atoms with Gasteiger partial charge in [-0.3, -0.25) is 0 Å². The molecule has 0 saturated carbocycles. The number of alkyl halides is 1. The molecule has 90 valence electrons. The van der Waals surface area contributed by atoms with Crippen LogP contribution >= 0.6 is 27.5 Å². The molecule has 1 aromatic carbocycles. The number of rotatable bonds is 6. The van der Waals surface area contributed by atoms with E-state index in [0.717, 1.165) is 23.2 Å². The van der Waals surface area contributed by atoms with E-state index in [9.17, 15) is 0 Å². The van der Waals surface area contributed by atoms with Crippen molar-refractivity contribution in [3.8, 4) is 5.75 Å². The molecule has 0 aliphatic carbocycles. The molecule has 0 aliphatic rings. The van der Waals surface area contributed by atoms with Gasteiger partial charge in [-0.2, -0.15) is 0 Å². The highest BCUT2D eigenvalue weighted by Gasteiger charge is 2.11. The van der Waals surface area contributed by atoms with E-state index in [1.165, 1.54) is 0 Å². The van der Waals surface area contributed by atoms with Crippen LogP contribution in [-0.2, 0) is 0 Å². The Bertz CT molecular complexity index is 315. The van der Waals surface area contributed by atoms with Crippen LogP contribution in [0.3, 0.4) is 0 Å². The molecule has 0 bridgehead atoms. The zero-order valence-corrected chi connectivity index (χ0v) is 12.1. The van der Waals surface area contributed by atoms with Crippen molar-refractivity contribution in [1.29, 1.82) is 0 Å². The third-order valence-electron chi connectivity index (χ3n) is 2.69. The first-order chi connectivity index (χ1) is 7.63. The van der Waals surface area contributed by atoms with Crippen LogP contribution in [-0.4, -0.2) is 12.5 Å². The molecular formula is C13H18BrClO. The minimum Gasteiger partial charge on any atom is -0.494 e. The summed E-state index contributed by atoms with van der Waals surface area (Å²) >= 11 is 9.33. The molecule has 0 saturated heterocycles. The van der Waals surface area contributed by atoms with Gasteiger partial charge in [0.15, 0.2) is 0 Å². The highest BCUT2D eigenvalue weighted by Crippen LogP contribution is 2.20. The summed E-state index contributed by atoms with van der Waals surface area (Å²) in [7, 11) is 0. The maximum Gasteiger partial charge on any atom is 0.120 e. The Hall–Kier alpha value is -0.210.